The van der Waals surface area contributed by atoms with Crippen LogP contribution in [0.15, 0.2) is 65.7 Å². The monoisotopic (exact) mass is 590 g/mol. The molecule has 0 saturated carbocycles. The van der Waals surface area contributed by atoms with Crippen molar-refractivity contribution in [1.82, 2.24) is 15.3 Å². The van der Waals surface area contributed by atoms with E-state index in [1.54, 1.807) is 32.5 Å². The van der Waals surface area contributed by atoms with Gasteiger partial charge in [0.15, 0.2) is 15.6 Å². The number of carbonyl (C=O) groups is 1. The number of hydrogen-bond acceptors (Lipinski definition) is 9. The molecule has 0 atom stereocenters. The largest absolute Gasteiger partial charge is 0.494 e. The van der Waals surface area contributed by atoms with Crippen molar-refractivity contribution in [3.63, 3.8) is 0 Å². The molecule has 0 fully saturated rings. The van der Waals surface area contributed by atoms with Gasteiger partial charge in [-0.25, -0.2) is 13.4 Å². The number of nitrogens with zero attached hydrogens (tertiary/aromatic N) is 3. The van der Waals surface area contributed by atoms with E-state index in [1.165, 1.54) is 6.07 Å². The average Bonchev–Trinajstić information content (AvgIpc) is 3.16. The minimum Gasteiger partial charge on any atom is -0.494 e. The number of nitrogens with one attached hydrogen (secondary N) is 1. The lowest BCUT2D eigenvalue weighted by molar-refractivity contribution is 0.0950. The molecular formula is C31H34N4O6S. The minimum absolute atomic E-state index is 0.109. The third kappa shape index (κ3) is 6.23. The predicted octanol–water partition coefficient (Wildman–Crippen LogP) is 4.01. The van der Waals surface area contributed by atoms with Gasteiger partial charge in [0.05, 0.1) is 66.7 Å². The number of anilines is 1. The van der Waals surface area contributed by atoms with E-state index in [4.69, 9.17) is 19.2 Å². The summed E-state index contributed by atoms with van der Waals surface area (Å²) >= 11 is 0. The molecule has 1 aliphatic rings. The number of rotatable bonds is 10. The van der Waals surface area contributed by atoms with Crippen molar-refractivity contribution in [2.45, 2.75) is 25.0 Å². The van der Waals surface area contributed by atoms with Crippen LogP contribution in [0, 0.1) is 0 Å². The molecule has 0 saturated heterocycles. The molecule has 10 nitrogen and oxygen atoms in total. The third-order valence-electron chi connectivity index (χ3n) is 7.24. The van der Waals surface area contributed by atoms with E-state index in [9.17, 15) is 13.2 Å². The summed E-state index contributed by atoms with van der Waals surface area (Å²) in [7, 11) is -0.169. The number of carbonyl (C=O) groups excluding carboxylic acids is 1. The van der Waals surface area contributed by atoms with Crippen molar-refractivity contribution in [1.29, 1.82) is 0 Å². The lowest BCUT2D eigenvalue weighted by Gasteiger charge is -2.26. The van der Waals surface area contributed by atoms with Gasteiger partial charge >= 0.3 is 0 Å². The second kappa shape index (κ2) is 12.8. The fourth-order valence-corrected chi connectivity index (χ4v) is 6.37. The van der Waals surface area contributed by atoms with Crippen molar-refractivity contribution in [3.05, 3.63) is 77.6 Å². The lowest BCUT2D eigenvalue weighted by atomic mass is 10.1. The van der Waals surface area contributed by atoms with Crippen molar-refractivity contribution in [2.24, 2.45) is 0 Å². The Bertz CT molecular complexity index is 1710. The number of fused-ring (bicyclic) bond motifs is 2. The molecule has 42 heavy (non-hydrogen) atoms. The first kappa shape index (κ1) is 29.4. The topological polar surface area (TPSA) is 120 Å². The minimum atomic E-state index is -3.51. The number of amides is 1. The first-order valence-electron chi connectivity index (χ1n) is 13.7. The SMILES string of the molecule is CCN(CCOC)c1cccc(-c2ccc3cnc(CNC(=O)c4ccc5c(c4)S(=O)(=O)CCOC5)cc3n2)c1OC. The van der Waals surface area contributed by atoms with Crippen LogP contribution in [0.4, 0.5) is 5.69 Å². The van der Waals surface area contributed by atoms with Crippen LogP contribution in [0.3, 0.4) is 0 Å². The van der Waals surface area contributed by atoms with Gasteiger partial charge in [0.25, 0.3) is 5.91 Å². The van der Waals surface area contributed by atoms with Crippen molar-refractivity contribution in [2.75, 3.05) is 51.2 Å². The number of hydrogen-bond donors (Lipinski definition) is 1. The van der Waals surface area contributed by atoms with Crippen LogP contribution in [0.1, 0.15) is 28.5 Å². The van der Waals surface area contributed by atoms with E-state index in [0.29, 0.717) is 17.9 Å². The van der Waals surface area contributed by atoms with Gasteiger partial charge in [-0.3, -0.25) is 9.78 Å². The smallest absolute Gasteiger partial charge is 0.251 e. The maximum Gasteiger partial charge on any atom is 0.251 e. The predicted molar refractivity (Wildman–Crippen MR) is 161 cm³/mol. The van der Waals surface area contributed by atoms with Gasteiger partial charge in [-0.2, -0.15) is 0 Å². The Morgan fingerprint density at radius 2 is 1.98 bits per heavy atom. The molecule has 2 aromatic carbocycles. The zero-order valence-corrected chi connectivity index (χ0v) is 24.7. The highest BCUT2D eigenvalue weighted by atomic mass is 32.2. The molecule has 0 bridgehead atoms. The zero-order chi connectivity index (χ0) is 29.7. The Balaban J connectivity index is 1.38. The Kier molecular flexibility index (Phi) is 9.00. The molecule has 2 aromatic heterocycles. The Hall–Kier alpha value is -4.06. The summed E-state index contributed by atoms with van der Waals surface area (Å²) in [5.74, 6) is 0.234. The maximum absolute atomic E-state index is 12.9. The van der Waals surface area contributed by atoms with E-state index >= 15 is 0 Å². The fraction of sp³-hybridized carbons (Fsp3) is 0.323. The van der Waals surface area contributed by atoms with E-state index in [2.05, 4.69) is 22.1 Å². The number of para-hydroxylation sites is 1. The molecule has 3 heterocycles. The van der Waals surface area contributed by atoms with Crippen LogP contribution in [0.2, 0.25) is 0 Å². The summed E-state index contributed by atoms with van der Waals surface area (Å²) in [5, 5.41) is 3.71. The fourth-order valence-electron chi connectivity index (χ4n) is 4.98. The molecule has 0 aliphatic carbocycles. The molecule has 0 spiro atoms. The summed E-state index contributed by atoms with van der Waals surface area (Å²) in [4.78, 5) is 24.7. The first-order chi connectivity index (χ1) is 20.3. The number of likely N-dealkylation sites (N-methyl/N-ethyl adjacent to an activating group) is 1. The van der Waals surface area contributed by atoms with E-state index in [0.717, 1.165) is 46.7 Å². The van der Waals surface area contributed by atoms with Gasteiger partial charge in [-0.1, -0.05) is 12.1 Å². The molecule has 1 amide bonds. The number of aromatic nitrogens is 2. The first-order valence-corrected chi connectivity index (χ1v) is 15.4. The van der Waals surface area contributed by atoms with E-state index in [-0.39, 0.29) is 36.0 Å². The second-order valence-corrected chi connectivity index (χ2v) is 11.9. The Morgan fingerprint density at radius 3 is 2.76 bits per heavy atom. The number of benzene rings is 2. The van der Waals surface area contributed by atoms with Gasteiger partial charge in [-0.05, 0) is 55.0 Å². The van der Waals surface area contributed by atoms with Crippen LogP contribution in [-0.4, -0.2) is 70.6 Å². The summed E-state index contributed by atoms with van der Waals surface area (Å²) in [5.41, 5.74) is 4.74. The number of methoxy groups -OCH3 is 2. The number of pyridine rings is 2. The molecule has 11 heteroatoms. The highest BCUT2D eigenvalue weighted by molar-refractivity contribution is 7.91. The molecule has 0 unspecified atom stereocenters. The summed E-state index contributed by atoms with van der Waals surface area (Å²) in [6.07, 6.45) is 1.72. The second-order valence-electron chi connectivity index (χ2n) is 9.87. The van der Waals surface area contributed by atoms with Crippen molar-refractivity contribution in [3.8, 4) is 17.0 Å². The molecule has 1 N–H and O–H groups in total. The van der Waals surface area contributed by atoms with Gasteiger partial charge in [0, 0.05) is 42.9 Å². The standard InChI is InChI=1S/C31H34N4O6S/c1-4-35(12-13-39-2)28-7-5-6-25(30(28)40-3)26-11-10-22-18-32-24(17-27(22)34-26)19-33-31(36)21-8-9-23-20-41-14-15-42(37,38)29(23)16-21/h5-11,16-18H,4,12-15,19-20H2,1-3H3,(H,33,36). The van der Waals surface area contributed by atoms with Gasteiger partial charge in [-0.15, -0.1) is 0 Å². The maximum atomic E-state index is 12.9. The molecule has 0 radical (unpaired) electrons. The summed E-state index contributed by atoms with van der Waals surface area (Å²) in [6.45, 7) is 4.70. The summed E-state index contributed by atoms with van der Waals surface area (Å²) in [6, 6.07) is 16.4. The number of ether oxygens (including phenoxy) is 3. The van der Waals surface area contributed by atoms with Crippen LogP contribution >= 0.6 is 0 Å². The molecule has 5 rings (SSSR count). The van der Waals surface area contributed by atoms with Gasteiger partial charge < -0.3 is 24.4 Å². The molecule has 220 valence electrons. The van der Waals surface area contributed by atoms with Crippen molar-refractivity contribution >= 4 is 32.3 Å². The zero-order valence-electron chi connectivity index (χ0n) is 23.9. The highest BCUT2D eigenvalue weighted by Crippen LogP contribution is 2.38. The Labute approximate surface area is 245 Å². The van der Waals surface area contributed by atoms with Crippen LogP contribution in [0.5, 0.6) is 5.75 Å². The Morgan fingerprint density at radius 1 is 1.12 bits per heavy atom. The third-order valence-corrected chi connectivity index (χ3v) is 9.00. The molecule has 4 aromatic rings. The van der Waals surface area contributed by atoms with Gasteiger partial charge in [0.1, 0.15) is 0 Å². The van der Waals surface area contributed by atoms with E-state index in [1.807, 2.05) is 36.4 Å². The van der Waals surface area contributed by atoms with Crippen molar-refractivity contribution < 1.29 is 27.4 Å². The summed E-state index contributed by atoms with van der Waals surface area (Å²) < 4.78 is 41.7. The van der Waals surface area contributed by atoms with E-state index < -0.39 is 15.7 Å². The quantitative estimate of drug-likeness (QED) is 0.292. The molecule has 1 aliphatic heterocycles. The number of sulfone groups is 1. The lowest BCUT2D eigenvalue weighted by Crippen LogP contribution is -2.27. The average molecular weight is 591 g/mol. The van der Waals surface area contributed by atoms with Crippen LogP contribution < -0.4 is 15.0 Å². The van der Waals surface area contributed by atoms with Crippen LogP contribution in [-0.2, 0) is 32.5 Å². The normalized spacial score (nSPS) is 14.2. The van der Waals surface area contributed by atoms with Crippen LogP contribution in [0.25, 0.3) is 22.2 Å². The molecular weight excluding hydrogens is 556 g/mol. The van der Waals surface area contributed by atoms with Gasteiger partial charge in [0.2, 0.25) is 0 Å². The highest BCUT2D eigenvalue weighted by Gasteiger charge is 2.24.